The number of thioether (sulfide) groups is 1. The minimum absolute atomic E-state index is 0.135. The van der Waals surface area contributed by atoms with Gasteiger partial charge in [0.15, 0.2) is 0 Å². The van der Waals surface area contributed by atoms with Crippen LogP contribution in [0.15, 0.2) is 0 Å². The van der Waals surface area contributed by atoms with Crippen molar-refractivity contribution in [2.45, 2.75) is 56.7 Å². The maximum absolute atomic E-state index is 12.1. The second kappa shape index (κ2) is 7.69. The molecule has 4 heteroatoms. The van der Waals surface area contributed by atoms with Crippen LogP contribution in [0.3, 0.4) is 0 Å². The molecule has 2 fully saturated rings. The molecule has 4 atom stereocenters. The average Bonchev–Trinajstić information content (AvgIpc) is 2.47. The summed E-state index contributed by atoms with van der Waals surface area (Å²) in [6.07, 6.45) is 7.42. The highest BCUT2D eigenvalue weighted by molar-refractivity contribution is 7.99. The van der Waals surface area contributed by atoms with Crippen LogP contribution in [0, 0.1) is 11.8 Å². The highest BCUT2D eigenvalue weighted by Crippen LogP contribution is 2.43. The lowest BCUT2D eigenvalue weighted by molar-refractivity contribution is -0.149. The molecule has 116 valence electrons. The zero-order valence-electron chi connectivity index (χ0n) is 13.8. The van der Waals surface area contributed by atoms with Gasteiger partial charge in [0.2, 0.25) is 0 Å². The highest BCUT2D eigenvalue weighted by Gasteiger charge is 2.42. The van der Waals surface area contributed by atoms with E-state index in [0.29, 0.717) is 5.92 Å². The molecule has 3 nitrogen and oxygen atoms in total. The summed E-state index contributed by atoms with van der Waals surface area (Å²) in [5.41, 5.74) is 0. The third-order valence-electron chi connectivity index (χ3n) is 4.94. The summed E-state index contributed by atoms with van der Waals surface area (Å²) in [6, 6.07) is -0.135. The molecule has 0 aromatic carbocycles. The molecule has 0 spiro atoms. The van der Waals surface area contributed by atoms with Crippen LogP contribution in [0.2, 0.25) is 0 Å². The number of rotatable bonds is 5. The number of fused-ring (bicyclic) bond motifs is 1. The van der Waals surface area contributed by atoms with Gasteiger partial charge in [0.05, 0.1) is 8.46 Å². The van der Waals surface area contributed by atoms with Gasteiger partial charge in [0.1, 0.15) is 6.04 Å². The Morgan fingerprint density at radius 2 is 2.35 bits per heavy atom. The molecule has 20 heavy (non-hydrogen) atoms. The SMILES string of the molecule is [3H]COC(=O)[C@@H]1C[C@H]2[C@H](CCC[C@H]2SCCCC)CN1C. The summed E-state index contributed by atoms with van der Waals surface area (Å²) in [5, 5.41) is 0.718. The molecular formula is C16H29NO2S. The first kappa shape index (κ1) is 14.7. The van der Waals surface area contributed by atoms with E-state index in [2.05, 4.69) is 23.6 Å². The van der Waals surface area contributed by atoms with E-state index >= 15 is 0 Å². The zero-order valence-corrected chi connectivity index (χ0v) is 13.7. The normalized spacial score (nSPS) is 35.2. The van der Waals surface area contributed by atoms with Gasteiger partial charge in [-0.25, -0.2) is 0 Å². The van der Waals surface area contributed by atoms with Crippen molar-refractivity contribution in [1.82, 2.24) is 4.90 Å². The predicted octanol–water partition coefficient (Wildman–Crippen LogP) is 3.18. The van der Waals surface area contributed by atoms with Crippen LogP contribution in [-0.2, 0) is 9.53 Å². The number of carbonyl (C=O) groups excluding carboxylic acids is 1. The molecule has 0 aromatic heterocycles. The molecule has 2 aliphatic rings. The van der Waals surface area contributed by atoms with Gasteiger partial charge < -0.3 is 4.74 Å². The molecule has 0 amide bonds. The molecule has 0 aromatic rings. The van der Waals surface area contributed by atoms with E-state index in [1.165, 1.54) is 37.9 Å². The number of esters is 1. The molecule has 2 rings (SSSR count). The van der Waals surface area contributed by atoms with E-state index in [9.17, 15) is 4.79 Å². The van der Waals surface area contributed by atoms with Crippen LogP contribution in [0.1, 0.15) is 46.8 Å². The van der Waals surface area contributed by atoms with Crippen LogP contribution in [0.4, 0.5) is 0 Å². The fourth-order valence-electron chi connectivity index (χ4n) is 3.78. The number of nitrogens with zero attached hydrogens (tertiary/aromatic N) is 1. The first-order chi connectivity index (χ1) is 10.2. The quantitative estimate of drug-likeness (QED) is 0.576. The Balaban J connectivity index is 1.97. The van der Waals surface area contributed by atoms with E-state index in [0.717, 1.165) is 24.1 Å². The van der Waals surface area contributed by atoms with E-state index < -0.39 is 0 Å². The molecule has 1 heterocycles. The number of ether oxygens (including phenoxy) is 1. The van der Waals surface area contributed by atoms with Gasteiger partial charge in [-0.2, -0.15) is 11.8 Å². The van der Waals surface area contributed by atoms with Crippen molar-refractivity contribution in [2.75, 3.05) is 26.4 Å². The molecule has 0 bridgehead atoms. The Labute approximate surface area is 129 Å². The number of hydrogen-bond donors (Lipinski definition) is 0. The highest BCUT2D eigenvalue weighted by atomic mass is 32.2. The standard InChI is InChI=1S/C16H29NO2S/c1-4-5-9-20-15-8-6-7-12-11-17(2)14(10-13(12)15)16(18)19-3/h12-15H,4-11H2,1-3H3/t12-,13+,14+,15-/m1/s1/i3T. The van der Waals surface area contributed by atoms with E-state index in [4.69, 9.17) is 6.11 Å². The molecule has 1 saturated carbocycles. The second-order valence-electron chi connectivity index (χ2n) is 6.27. The number of unbranched alkanes of at least 4 members (excludes halogenated alkanes) is 1. The van der Waals surface area contributed by atoms with Crippen LogP contribution < -0.4 is 0 Å². The molecule has 0 N–H and O–H groups in total. The third-order valence-corrected chi connectivity index (χ3v) is 6.48. The smallest absolute Gasteiger partial charge is 0.323 e. The van der Waals surface area contributed by atoms with Crippen LogP contribution in [0.25, 0.3) is 0 Å². The third kappa shape index (κ3) is 3.70. The number of hydrogen-bond acceptors (Lipinski definition) is 4. The van der Waals surface area contributed by atoms with Gasteiger partial charge in [0, 0.05) is 11.8 Å². The van der Waals surface area contributed by atoms with Crippen LogP contribution in [-0.4, -0.2) is 48.6 Å². The minimum Gasteiger partial charge on any atom is -0.468 e. The summed E-state index contributed by atoms with van der Waals surface area (Å²) in [4.78, 5) is 14.2. The Morgan fingerprint density at radius 1 is 1.50 bits per heavy atom. The van der Waals surface area contributed by atoms with E-state index in [1.807, 2.05) is 7.05 Å². The van der Waals surface area contributed by atoms with Gasteiger partial charge >= 0.3 is 5.97 Å². The van der Waals surface area contributed by atoms with E-state index in [1.54, 1.807) is 0 Å². The fraction of sp³-hybridized carbons (Fsp3) is 0.938. The second-order valence-corrected chi connectivity index (χ2v) is 7.62. The summed E-state index contributed by atoms with van der Waals surface area (Å²) in [5.74, 6) is 2.44. The lowest BCUT2D eigenvalue weighted by Gasteiger charge is -2.46. The lowest BCUT2D eigenvalue weighted by Crippen LogP contribution is -2.52. The van der Waals surface area contributed by atoms with Gasteiger partial charge in [-0.15, -0.1) is 0 Å². The topological polar surface area (TPSA) is 29.5 Å². The molecule has 1 saturated heterocycles. The largest absolute Gasteiger partial charge is 0.468 e. The summed E-state index contributed by atoms with van der Waals surface area (Å²) in [7, 11) is 1.77. The number of piperidine rings is 1. The summed E-state index contributed by atoms with van der Waals surface area (Å²) < 4.78 is 12.0. The van der Waals surface area contributed by atoms with Crippen LogP contribution >= 0.6 is 11.8 Å². The Kier molecular flexibility index (Phi) is 5.66. The minimum atomic E-state index is -0.258. The fourth-order valence-corrected chi connectivity index (χ4v) is 5.45. The number of likely N-dealkylation sites (tertiary alicyclic amines) is 1. The van der Waals surface area contributed by atoms with Gasteiger partial charge in [-0.3, -0.25) is 9.69 Å². The maximum atomic E-state index is 12.1. The molecule has 1 aliphatic carbocycles. The number of carbonyl (C=O) groups is 1. The van der Waals surface area contributed by atoms with Crippen molar-refractivity contribution < 1.29 is 10.9 Å². The van der Waals surface area contributed by atoms with Crippen molar-refractivity contribution in [3.05, 3.63) is 0 Å². The summed E-state index contributed by atoms with van der Waals surface area (Å²) >= 11 is 2.13. The monoisotopic (exact) mass is 301 g/mol. The Morgan fingerprint density at radius 3 is 3.10 bits per heavy atom. The lowest BCUT2D eigenvalue weighted by atomic mass is 9.72. The average molecular weight is 301 g/mol. The van der Waals surface area contributed by atoms with Crippen molar-refractivity contribution >= 4 is 17.7 Å². The molecule has 0 radical (unpaired) electrons. The summed E-state index contributed by atoms with van der Waals surface area (Å²) in [6.45, 7) is 3.25. The maximum Gasteiger partial charge on any atom is 0.323 e. The molecule has 1 aliphatic heterocycles. The van der Waals surface area contributed by atoms with Crippen LogP contribution in [0.5, 0.6) is 0 Å². The van der Waals surface area contributed by atoms with Crippen molar-refractivity contribution in [3.63, 3.8) is 0 Å². The number of methoxy groups -OCH3 is 1. The molecular weight excluding hydrogens is 270 g/mol. The van der Waals surface area contributed by atoms with Crippen molar-refractivity contribution in [3.8, 4) is 0 Å². The van der Waals surface area contributed by atoms with Gasteiger partial charge in [0.25, 0.3) is 0 Å². The number of likely N-dealkylation sites (N-methyl/N-ethyl adjacent to an activating group) is 1. The Hall–Kier alpha value is -0.220. The first-order valence-electron chi connectivity index (χ1n) is 8.65. The Bertz CT molecular complexity index is 342. The molecule has 0 unspecified atom stereocenters. The van der Waals surface area contributed by atoms with Gasteiger partial charge in [-0.05, 0) is 50.3 Å². The van der Waals surface area contributed by atoms with E-state index in [-0.39, 0.29) is 19.1 Å². The zero-order chi connectivity index (χ0) is 15.2. The predicted molar refractivity (Wildman–Crippen MR) is 85.0 cm³/mol. The van der Waals surface area contributed by atoms with Crippen molar-refractivity contribution in [2.24, 2.45) is 11.8 Å². The van der Waals surface area contributed by atoms with Gasteiger partial charge in [-0.1, -0.05) is 19.8 Å². The first-order valence-corrected chi connectivity index (χ1v) is 9.00. The van der Waals surface area contributed by atoms with Crippen molar-refractivity contribution in [1.29, 1.82) is 0 Å².